The molecule has 1 aromatic heterocycles. The van der Waals surface area contributed by atoms with Crippen molar-refractivity contribution in [1.82, 2.24) is 19.6 Å². The van der Waals surface area contributed by atoms with Gasteiger partial charge in [0.05, 0.1) is 11.3 Å². The van der Waals surface area contributed by atoms with Crippen molar-refractivity contribution in [3.8, 4) is 0 Å². The average molecular weight is 443 g/mol. The predicted molar refractivity (Wildman–Crippen MR) is 114 cm³/mol. The zero-order valence-corrected chi connectivity index (χ0v) is 18.6. The number of hydrogen-bond donors (Lipinski definition) is 0. The minimum atomic E-state index is -4.29. The highest BCUT2D eigenvalue weighted by atomic mass is 35.5. The molecular weight excluding hydrogens is 413 g/mol. The molecule has 1 unspecified atom stereocenters. The van der Waals surface area contributed by atoms with Crippen molar-refractivity contribution in [2.75, 3.05) is 33.2 Å². The Morgan fingerprint density at radius 2 is 2.07 bits per heavy atom. The summed E-state index contributed by atoms with van der Waals surface area (Å²) in [6, 6.07) is 5.68. The molecule has 0 radical (unpaired) electrons. The van der Waals surface area contributed by atoms with E-state index in [2.05, 4.69) is 21.9 Å². The lowest BCUT2D eigenvalue weighted by molar-refractivity contribution is -0.137. The summed E-state index contributed by atoms with van der Waals surface area (Å²) in [5.41, 5.74) is 2.20. The van der Waals surface area contributed by atoms with Crippen LogP contribution in [0.15, 0.2) is 24.3 Å². The van der Waals surface area contributed by atoms with Gasteiger partial charge in [-0.05, 0) is 57.3 Å². The summed E-state index contributed by atoms with van der Waals surface area (Å²) >= 11 is 6.36. The van der Waals surface area contributed by atoms with Crippen LogP contribution in [0.3, 0.4) is 0 Å². The van der Waals surface area contributed by atoms with Gasteiger partial charge in [-0.15, -0.1) is 0 Å². The van der Waals surface area contributed by atoms with Crippen molar-refractivity contribution >= 4 is 11.6 Å². The highest BCUT2D eigenvalue weighted by Crippen LogP contribution is 2.30. The van der Waals surface area contributed by atoms with Gasteiger partial charge < -0.3 is 9.80 Å². The van der Waals surface area contributed by atoms with Crippen molar-refractivity contribution in [1.29, 1.82) is 0 Å². The number of aromatic nitrogens is 2. The molecule has 0 aliphatic carbocycles. The van der Waals surface area contributed by atoms with Crippen LogP contribution in [0.4, 0.5) is 13.2 Å². The van der Waals surface area contributed by atoms with Gasteiger partial charge in [-0.25, -0.2) is 0 Å². The van der Waals surface area contributed by atoms with E-state index in [1.54, 1.807) is 10.7 Å². The standard InChI is InChI=1S/C22H30ClF3N4/c1-16-20(21(23)29(3)27-16)15-28(2)13-18-7-5-10-30(14-18)11-9-17-6-4-8-19(12-17)22(24,25)26/h4,6,8,12,18H,5,7,9-11,13-15H2,1-3H3. The van der Waals surface area contributed by atoms with E-state index in [1.807, 2.05) is 14.0 Å². The Kier molecular flexibility index (Phi) is 7.47. The third kappa shape index (κ3) is 5.99. The zero-order chi connectivity index (χ0) is 21.9. The van der Waals surface area contributed by atoms with Gasteiger partial charge in [0.2, 0.25) is 0 Å². The monoisotopic (exact) mass is 442 g/mol. The topological polar surface area (TPSA) is 24.3 Å². The van der Waals surface area contributed by atoms with Crippen molar-refractivity contribution in [3.05, 3.63) is 51.8 Å². The molecule has 2 aromatic rings. The molecule has 0 N–H and O–H groups in total. The Morgan fingerprint density at radius 3 is 2.73 bits per heavy atom. The third-order valence-corrected chi connectivity index (χ3v) is 6.31. The van der Waals surface area contributed by atoms with Crippen LogP contribution >= 0.6 is 11.6 Å². The molecule has 0 amide bonds. The summed E-state index contributed by atoms with van der Waals surface area (Å²) in [6.07, 6.45) is -1.36. The van der Waals surface area contributed by atoms with Crippen LogP contribution < -0.4 is 0 Å². The first-order valence-electron chi connectivity index (χ1n) is 10.4. The number of rotatable bonds is 7. The molecule has 2 heterocycles. The number of aryl methyl sites for hydroxylation is 2. The molecule has 1 aromatic carbocycles. The van der Waals surface area contributed by atoms with Crippen molar-refractivity contribution in [2.24, 2.45) is 13.0 Å². The normalized spacial score (nSPS) is 18.3. The van der Waals surface area contributed by atoms with E-state index in [1.165, 1.54) is 18.6 Å². The zero-order valence-electron chi connectivity index (χ0n) is 17.8. The summed E-state index contributed by atoms with van der Waals surface area (Å²) < 4.78 is 40.4. The summed E-state index contributed by atoms with van der Waals surface area (Å²) in [4.78, 5) is 4.67. The first kappa shape index (κ1) is 23.1. The molecule has 1 atom stereocenters. The number of benzene rings is 1. The van der Waals surface area contributed by atoms with Gasteiger partial charge in [0.1, 0.15) is 5.15 Å². The lowest BCUT2D eigenvalue weighted by Crippen LogP contribution is -2.40. The second kappa shape index (κ2) is 9.71. The number of hydrogen-bond acceptors (Lipinski definition) is 3. The maximum absolute atomic E-state index is 12.9. The van der Waals surface area contributed by atoms with Gasteiger partial charge in [-0.3, -0.25) is 4.68 Å². The van der Waals surface area contributed by atoms with E-state index in [9.17, 15) is 13.2 Å². The molecule has 8 heteroatoms. The van der Waals surface area contributed by atoms with Gasteiger partial charge in [-0.2, -0.15) is 18.3 Å². The second-order valence-electron chi connectivity index (χ2n) is 8.43. The molecule has 4 nitrogen and oxygen atoms in total. The van der Waals surface area contributed by atoms with Crippen LogP contribution in [-0.4, -0.2) is 52.8 Å². The fourth-order valence-electron chi connectivity index (χ4n) is 4.32. The smallest absolute Gasteiger partial charge is 0.303 e. The largest absolute Gasteiger partial charge is 0.416 e. The number of likely N-dealkylation sites (tertiary alicyclic amines) is 1. The first-order chi connectivity index (χ1) is 14.1. The van der Waals surface area contributed by atoms with E-state index >= 15 is 0 Å². The molecule has 30 heavy (non-hydrogen) atoms. The molecule has 0 spiro atoms. The first-order valence-corrected chi connectivity index (χ1v) is 10.8. The van der Waals surface area contributed by atoms with Crippen molar-refractivity contribution in [2.45, 2.75) is 38.9 Å². The highest BCUT2D eigenvalue weighted by molar-refractivity contribution is 6.30. The quantitative estimate of drug-likeness (QED) is 0.616. The average Bonchev–Trinajstić information content (AvgIpc) is 2.92. The minimum absolute atomic E-state index is 0.543. The van der Waals surface area contributed by atoms with E-state index in [4.69, 9.17) is 11.6 Å². The SMILES string of the molecule is Cc1nn(C)c(Cl)c1CN(C)CC1CCCN(CCc2cccc(C(F)(F)F)c2)C1. The molecule has 1 aliphatic rings. The molecule has 1 saturated heterocycles. The molecular formula is C22H30ClF3N4. The van der Waals surface area contributed by atoms with Crippen LogP contribution in [0.1, 0.15) is 35.2 Å². The lowest BCUT2D eigenvalue weighted by Gasteiger charge is -2.34. The molecule has 166 valence electrons. The summed E-state index contributed by atoms with van der Waals surface area (Å²) in [5, 5.41) is 5.06. The van der Waals surface area contributed by atoms with Crippen molar-refractivity contribution in [3.63, 3.8) is 0 Å². The second-order valence-corrected chi connectivity index (χ2v) is 8.79. The number of piperidine rings is 1. The minimum Gasteiger partial charge on any atom is -0.303 e. The molecule has 3 rings (SSSR count). The van der Waals surface area contributed by atoms with Gasteiger partial charge in [0, 0.05) is 38.8 Å². The Labute approximate surface area is 181 Å². The number of alkyl halides is 3. The van der Waals surface area contributed by atoms with Crippen LogP contribution in [0.25, 0.3) is 0 Å². The maximum Gasteiger partial charge on any atom is 0.416 e. The highest BCUT2D eigenvalue weighted by Gasteiger charge is 2.30. The van der Waals surface area contributed by atoms with E-state index in [-0.39, 0.29) is 0 Å². The van der Waals surface area contributed by atoms with Crippen LogP contribution in [0.2, 0.25) is 5.15 Å². The van der Waals surface area contributed by atoms with Gasteiger partial charge in [0.25, 0.3) is 0 Å². The Balaban J connectivity index is 1.50. The molecule has 0 saturated carbocycles. The lowest BCUT2D eigenvalue weighted by atomic mass is 9.96. The van der Waals surface area contributed by atoms with Crippen LogP contribution in [0.5, 0.6) is 0 Å². The Hall–Kier alpha value is -1.57. The van der Waals surface area contributed by atoms with E-state index in [0.29, 0.717) is 17.5 Å². The molecule has 1 fully saturated rings. The van der Waals surface area contributed by atoms with Crippen molar-refractivity contribution < 1.29 is 13.2 Å². The Morgan fingerprint density at radius 1 is 1.30 bits per heavy atom. The van der Waals surface area contributed by atoms with E-state index < -0.39 is 11.7 Å². The summed E-state index contributed by atoms with van der Waals surface area (Å²) in [5.74, 6) is 0.543. The molecule has 1 aliphatic heterocycles. The summed E-state index contributed by atoms with van der Waals surface area (Å²) in [6.45, 7) is 6.47. The van der Waals surface area contributed by atoms with Gasteiger partial charge >= 0.3 is 6.18 Å². The van der Waals surface area contributed by atoms with E-state index in [0.717, 1.165) is 62.0 Å². The Bertz CT molecular complexity index is 849. The van der Waals surface area contributed by atoms with Gasteiger partial charge in [0.15, 0.2) is 0 Å². The number of halogens is 4. The fourth-order valence-corrected chi connectivity index (χ4v) is 4.56. The number of nitrogens with zero attached hydrogens (tertiary/aromatic N) is 4. The molecule has 0 bridgehead atoms. The third-order valence-electron chi connectivity index (χ3n) is 5.84. The van der Waals surface area contributed by atoms with Crippen LogP contribution in [0, 0.1) is 12.8 Å². The van der Waals surface area contributed by atoms with Gasteiger partial charge in [-0.1, -0.05) is 29.8 Å². The predicted octanol–water partition coefficient (Wildman–Crippen LogP) is 4.79. The van der Waals surface area contributed by atoms with Crippen LogP contribution in [-0.2, 0) is 26.2 Å². The fraction of sp³-hybridized carbons (Fsp3) is 0.591. The maximum atomic E-state index is 12.9. The summed E-state index contributed by atoms with van der Waals surface area (Å²) in [7, 11) is 3.95.